The van der Waals surface area contributed by atoms with Crippen LogP contribution < -0.4 is 0 Å². The van der Waals surface area contributed by atoms with E-state index in [2.05, 4.69) is 17.9 Å². The van der Waals surface area contributed by atoms with Gasteiger partial charge in [-0.3, -0.25) is 9.35 Å². The Morgan fingerprint density at radius 1 is 0.960 bits per heavy atom. The fourth-order valence-electron chi connectivity index (χ4n) is 1.15. The second kappa shape index (κ2) is 12.4. The van der Waals surface area contributed by atoms with E-state index in [4.69, 9.17) is 14.0 Å². The molecule has 0 rings (SSSR count). The number of carbonyl (C=O) groups excluding carboxylic acids is 3. The molecule has 0 aliphatic carbocycles. The number of carbonyl (C=O) groups is 3. The SMILES string of the molecule is C=C(C)C(=O)OCC(COC(=O)C(=C)C)C(=O)OCCS(=O)(=O)O.[CaH2]. The second-order valence-electron chi connectivity index (χ2n) is 4.91. The number of hydrogen-bond acceptors (Lipinski definition) is 8. The second-order valence-corrected chi connectivity index (χ2v) is 6.48. The first-order valence-electron chi connectivity index (χ1n) is 6.71. The van der Waals surface area contributed by atoms with Gasteiger partial charge >= 0.3 is 55.6 Å². The molecule has 11 heteroatoms. The van der Waals surface area contributed by atoms with Crippen LogP contribution in [0.5, 0.6) is 0 Å². The zero-order chi connectivity index (χ0) is 18.9. The standard InChI is InChI=1S/C14H20O9S.Ca.2H/c1-9(2)12(15)22-7-11(8-23-13(16)10(3)4)14(17)21-5-6-24(18,19)20;;;/h11H,1,3,5-8H2,2,4H3,(H,18,19,20);;;. The molecule has 9 nitrogen and oxygen atoms in total. The van der Waals surface area contributed by atoms with Gasteiger partial charge in [-0.05, 0) is 13.8 Å². The van der Waals surface area contributed by atoms with Gasteiger partial charge in [0.15, 0.2) is 0 Å². The molecule has 0 unspecified atom stereocenters. The van der Waals surface area contributed by atoms with Gasteiger partial charge in [0.1, 0.15) is 31.5 Å². The Bertz CT molecular complexity index is 594. The van der Waals surface area contributed by atoms with E-state index in [0.717, 1.165) is 0 Å². The van der Waals surface area contributed by atoms with Crippen LogP contribution in [0.4, 0.5) is 0 Å². The Kier molecular flexibility index (Phi) is 13.1. The van der Waals surface area contributed by atoms with E-state index in [-0.39, 0.29) is 48.9 Å². The minimum atomic E-state index is -4.29. The fourth-order valence-corrected chi connectivity index (χ4v) is 1.44. The number of esters is 3. The molecule has 0 spiro atoms. The summed E-state index contributed by atoms with van der Waals surface area (Å²) >= 11 is 0. The first-order chi connectivity index (χ1) is 10.9. The fraction of sp³-hybridized carbons (Fsp3) is 0.500. The molecule has 0 aromatic carbocycles. The van der Waals surface area contributed by atoms with Gasteiger partial charge in [-0.1, -0.05) is 13.2 Å². The molecule has 0 saturated heterocycles. The minimum absolute atomic E-state index is 0. The predicted molar refractivity (Wildman–Crippen MR) is 91.0 cm³/mol. The van der Waals surface area contributed by atoms with E-state index in [1.807, 2.05) is 0 Å². The maximum absolute atomic E-state index is 11.9. The summed E-state index contributed by atoms with van der Waals surface area (Å²) in [4.78, 5) is 34.6. The molecule has 0 aliphatic rings. The monoisotopic (exact) mass is 406 g/mol. The van der Waals surface area contributed by atoms with Gasteiger partial charge in [0, 0.05) is 11.1 Å². The van der Waals surface area contributed by atoms with Crippen molar-refractivity contribution in [3.8, 4) is 0 Å². The molecular weight excluding hydrogens is 384 g/mol. The first-order valence-corrected chi connectivity index (χ1v) is 8.32. The molecule has 0 aromatic heterocycles. The van der Waals surface area contributed by atoms with Crippen LogP contribution in [0.3, 0.4) is 0 Å². The van der Waals surface area contributed by atoms with E-state index in [1.54, 1.807) is 0 Å². The van der Waals surface area contributed by atoms with Gasteiger partial charge in [-0.2, -0.15) is 8.42 Å². The molecule has 140 valence electrons. The summed E-state index contributed by atoms with van der Waals surface area (Å²) in [6, 6.07) is 0. The summed E-state index contributed by atoms with van der Waals surface area (Å²) in [7, 11) is -4.29. The van der Waals surface area contributed by atoms with Crippen LogP contribution >= 0.6 is 0 Å². The van der Waals surface area contributed by atoms with Crippen molar-refractivity contribution in [2.24, 2.45) is 5.92 Å². The van der Waals surface area contributed by atoms with Crippen LogP contribution in [0.25, 0.3) is 0 Å². The van der Waals surface area contributed by atoms with Gasteiger partial charge in [-0.15, -0.1) is 0 Å². The molecule has 0 amide bonds. The summed E-state index contributed by atoms with van der Waals surface area (Å²) in [5, 5.41) is 0. The van der Waals surface area contributed by atoms with Crippen molar-refractivity contribution in [1.82, 2.24) is 0 Å². The molecule has 1 N–H and O–H groups in total. The molecule has 0 saturated carbocycles. The van der Waals surface area contributed by atoms with Gasteiger partial charge in [-0.25, -0.2) is 9.59 Å². The molecule has 25 heavy (non-hydrogen) atoms. The first kappa shape index (κ1) is 26.3. The molecule has 0 heterocycles. The van der Waals surface area contributed by atoms with Crippen molar-refractivity contribution in [3.63, 3.8) is 0 Å². The van der Waals surface area contributed by atoms with Crippen LogP contribution in [-0.4, -0.2) is 94.2 Å². The average molecular weight is 406 g/mol. The van der Waals surface area contributed by atoms with E-state index in [1.165, 1.54) is 13.8 Å². The maximum atomic E-state index is 11.9. The van der Waals surface area contributed by atoms with Crippen molar-refractivity contribution in [2.75, 3.05) is 25.6 Å². The molecule has 0 atom stereocenters. The van der Waals surface area contributed by atoms with Crippen LogP contribution in [0, 0.1) is 5.92 Å². The van der Waals surface area contributed by atoms with E-state index >= 15 is 0 Å². The topological polar surface area (TPSA) is 133 Å². The van der Waals surface area contributed by atoms with E-state index < -0.39 is 59.5 Å². The molecule has 0 aliphatic heterocycles. The van der Waals surface area contributed by atoms with Crippen LogP contribution in [-0.2, 0) is 38.7 Å². The van der Waals surface area contributed by atoms with Crippen LogP contribution in [0.2, 0.25) is 0 Å². The third-order valence-corrected chi connectivity index (χ3v) is 3.13. The molecule has 0 fully saturated rings. The molecule has 0 aromatic rings. The van der Waals surface area contributed by atoms with Crippen molar-refractivity contribution in [1.29, 1.82) is 0 Å². The molecule has 0 bridgehead atoms. The molecule has 0 radical (unpaired) electrons. The summed E-state index contributed by atoms with van der Waals surface area (Å²) in [6.45, 7) is 8.03. The van der Waals surface area contributed by atoms with E-state index in [9.17, 15) is 22.8 Å². The van der Waals surface area contributed by atoms with Crippen LogP contribution in [0.15, 0.2) is 24.3 Å². The van der Waals surface area contributed by atoms with Crippen molar-refractivity contribution in [2.45, 2.75) is 13.8 Å². The van der Waals surface area contributed by atoms with Crippen molar-refractivity contribution >= 4 is 65.8 Å². The van der Waals surface area contributed by atoms with E-state index in [0.29, 0.717) is 0 Å². The van der Waals surface area contributed by atoms with Crippen molar-refractivity contribution in [3.05, 3.63) is 24.3 Å². The Morgan fingerprint density at radius 3 is 1.68 bits per heavy atom. The third kappa shape index (κ3) is 13.0. The number of rotatable bonds is 10. The summed E-state index contributed by atoms with van der Waals surface area (Å²) in [5.74, 6) is -4.42. The Hall–Kier alpha value is -0.940. The number of ether oxygens (including phenoxy) is 3. The van der Waals surface area contributed by atoms with Gasteiger partial charge < -0.3 is 14.2 Å². The zero-order valence-corrected chi connectivity index (χ0v) is 14.3. The van der Waals surface area contributed by atoms with Crippen molar-refractivity contribution < 1.29 is 41.6 Å². The van der Waals surface area contributed by atoms with Crippen LogP contribution in [0.1, 0.15) is 13.8 Å². The summed E-state index contributed by atoms with van der Waals surface area (Å²) < 4.78 is 44.0. The summed E-state index contributed by atoms with van der Waals surface area (Å²) in [6.07, 6.45) is 0. The zero-order valence-electron chi connectivity index (χ0n) is 13.4. The van der Waals surface area contributed by atoms with Gasteiger partial charge in [0.2, 0.25) is 0 Å². The summed E-state index contributed by atoms with van der Waals surface area (Å²) in [5.41, 5.74) is 0.208. The normalized spacial score (nSPS) is 10.4. The third-order valence-electron chi connectivity index (χ3n) is 2.45. The van der Waals surface area contributed by atoms with Gasteiger partial charge in [0.05, 0.1) is 0 Å². The molecular formula is C14H22CaO9S. The Morgan fingerprint density at radius 2 is 1.36 bits per heavy atom. The predicted octanol–water partition coefficient (Wildman–Crippen LogP) is -0.644. The van der Waals surface area contributed by atoms with Gasteiger partial charge in [0.25, 0.3) is 10.1 Å². The quantitative estimate of drug-likeness (QED) is 0.165. The Balaban J connectivity index is 0. The average Bonchev–Trinajstić information content (AvgIpc) is 2.44. The Labute approximate surface area is 176 Å². The number of hydrogen-bond donors (Lipinski definition) is 1.